The summed E-state index contributed by atoms with van der Waals surface area (Å²) >= 11 is 0. The van der Waals surface area contributed by atoms with Gasteiger partial charge in [-0.05, 0) is 122 Å². The van der Waals surface area contributed by atoms with E-state index >= 15 is 0 Å². The number of allylic oxidation sites excluding steroid dienone is 16. The van der Waals surface area contributed by atoms with Crippen molar-refractivity contribution in [1.82, 2.24) is 0 Å². The summed E-state index contributed by atoms with van der Waals surface area (Å²) in [4.78, 5) is 38.5. The van der Waals surface area contributed by atoms with E-state index in [0.29, 0.717) is 19.3 Å². The lowest BCUT2D eigenvalue weighted by atomic mass is 10.0. The van der Waals surface area contributed by atoms with Gasteiger partial charge >= 0.3 is 17.9 Å². The molecule has 0 fully saturated rings. The summed E-state index contributed by atoms with van der Waals surface area (Å²) in [6.45, 7) is 6.54. The molecule has 0 aliphatic carbocycles. The van der Waals surface area contributed by atoms with Gasteiger partial charge in [0.1, 0.15) is 13.2 Å². The molecule has 0 aromatic carbocycles. The van der Waals surface area contributed by atoms with Crippen LogP contribution in [0.1, 0.15) is 348 Å². The normalized spacial score (nSPS) is 12.7. The fourth-order valence-electron chi connectivity index (χ4n) is 10.0. The maximum Gasteiger partial charge on any atom is 0.306 e. The molecule has 0 aliphatic rings. The molecule has 0 aromatic rings. The van der Waals surface area contributed by atoms with Crippen molar-refractivity contribution in [3.05, 3.63) is 97.2 Å². The number of carbonyl (C=O) groups excluding carboxylic acids is 3. The molecular formula is C76H132O6. The molecular weight excluding hydrogens is 1010 g/mol. The van der Waals surface area contributed by atoms with Crippen molar-refractivity contribution < 1.29 is 28.6 Å². The molecule has 0 rings (SSSR count). The van der Waals surface area contributed by atoms with E-state index in [2.05, 4.69) is 118 Å². The van der Waals surface area contributed by atoms with Gasteiger partial charge in [0, 0.05) is 19.3 Å². The van der Waals surface area contributed by atoms with Crippen molar-refractivity contribution >= 4 is 17.9 Å². The summed E-state index contributed by atoms with van der Waals surface area (Å²) in [7, 11) is 0. The van der Waals surface area contributed by atoms with Crippen molar-refractivity contribution in [2.45, 2.75) is 354 Å². The number of esters is 3. The van der Waals surface area contributed by atoms with Crippen LogP contribution in [0.3, 0.4) is 0 Å². The molecule has 82 heavy (non-hydrogen) atoms. The molecule has 0 heterocycles. The van der Waals surface area contributed by atoms with E-state index in [-0.39, 0.29) is 31.1 Å². The number of rotatable bonds is 64. The Morgan fingerprint density at radius 3 is 0.756 bits per heavy atom. The number of ether oxygens (including phenoxy) is 3. The summed E-state index contributed by atoms with van der Waals surface area (Å²) in [5.74, 6) is -0.889. The second kappa shape index (κ2) is 69.8. The minimum Gasteiger partial charge on any atom is -0.462 e. The lowest BCUT2D eigenvalue weighted by Gasteiger charge is -2.18. The van der Waals surface area contributed by atoms with Crippen molar-refractivity contribution in [2.24, 2.45) is 0 Å². The Bertz CT molecular complexity index is 1590. The summed E-state index contributed by atoms with van der Waals surface area (Å²) < 4.78 is 17.0. The Balaban J connectivity index is 4.36. The van der Waals surface area contributed by atoms with Crippen molar-refractivity contribution in [2.75, 3.05) is 13.2 Å². The third kappa shape index (κ3) is 67.1. The van der Waals surface area contributed by atoms with Crippen LogP contribution in [0.2, 0.25) is 0 Å². The molecule has 1 unspecified atom stereocenters. The first-order valence-corrected chi connectivity index (χ1v) is 35.2. The highest BCUT2D eigenvalue weighted by Crippen LogP contribution is 2.17. The van der Waals surface area contributed by atoms with Crippen molar-refractivity contribution in [1.29, 1.82) is 0 Å². The summed E-state index contributed by atoms with van der Waals surface area (Å²) in [6, 6.07) is 0. The number of hydrogen-bond acceptors (Lipinski definition) is 6. The second-order valence-electron chi connectivity index (χ2n) is 23.4. The van der Waals surface area contributed by atoms with Crippen LogP contribution in [0.15, 0.2) is 97.2 Å². The zero-order valence-electron chi connectivity index (χ0n) is 54.2. The molecule has 472 valence electrons. The molecule has 1 atom stereocenters. The molecule has 0 saturated heterocycles. The maximum absolute atomic E-state index is 13.0. The first-order chi connectivity index (χ1) is 40.5. The van der Waals surface area contributed by atoms with Crippen LogP contribution in [-0.2, 0) is 28.6 Å². The maximum atomic E-state index is 13.0. The topological polar surface area (TPSA) is 78.9 Å². The monoisotopic (exact) mass is 1140 g/mol. The zero-order chi connectivity index (χ0) is 59.2. The molecule has 0 radical (unpaired) electrons. The first-order valence-electron chi connectivity index (χ1n) is 35.2. The quantitative estimate of drug-likeness (QED) is 0.0261. The van der Waals surface area contributed by atoms with E-state index in [1.54, 1.807) is 0 Å². The number of hydrogen-bond donors (Lipinski definition) is 0. The minimum atomic E-state index is -0.791. The lowest BCUT2D eigenvalue weighted by Crippen LogP contribution is -2.30. The Labute approximate surface area is 508 Å². The summed E-state index contributed by atoms with van der Waals surface area (Å²) in [5.41, 5.74) is 0. The van der Waals surface area contributed by atoms with Crippen molar-refractivity contribution in [3.63, 3.8) is 0 Å². The van der Waals surface area contributed by atoms with Crippen molar-refractivity contribution in [3.8, 4) is 0 Å². The molecule has 0 spiro atoms. The van der Waals surface area contributed by atoms with Crippen LogP contribution in [0.5, 0.6) is 0 Å². The van der Waals surface area contributed by atoms with E-state index in [0.717, 1.165) is 109 Å². The third-order valence-corrected chi connectivity index (χ3v) is 15.3. The molecule has 0 bridgehead atoms. The Morgan fingerprint density at radius 1 is 0.256 bits per heavy atom. The molecule has 0 N–H and O–H groups in total. The number of unbranched alkanes of at least 4 members (excludes halogenated alkanes) is 37. The van der Waals surface area contributed by atoms with E-state index in [4.69, 9.17) is 14.2 Å². The van der Waals surface area contributed by atoms with Gasteiger partial charge in [-0.15, -0.1) is 0 Å². The van der Waals surface area contributed by atoms with E-state index in [1.807, 2.05) is 0 Å². The minimum absolute atomic E-state index is 0.0845. The molecule has 0 aliphatic heterocycles. The van der Waals surface area contributed by atoms with Gasteiger partial charge in [0.15, 0.2) is 6.10 Å². The fraction of sp³-hybridized carbons (Fsp3) is 0.750. The van der Waals surface area contributed by atoms with Crippen LogP contribution in [0.25, 0.3) is 0 Å². The van der Waals surface area contributed by atoms with Crippen LogP contribution in [-0.4, -0.2) is 37.2 Å². The Kier molecular flexibility index (Phi) is 66.7. The van der Waals surface area contributed by atoms with Crippen LogP contribution >= 0.6 is 0 Å². The third-order valence-electron chi connectivity index (χ3n) is 15.3. The average Bonchev–Trinajstić information content (AvgIpc) is 3.47. The van der Waals surface area contributed by atoms with Gasteiger partial charge in [0.2, 0.25) is 0 Å². The van der Waals surface area contributed by atoms with E-state index in [9.17, 15) is 14.4 Å². The van der Waals surface area contributed by atoms with Gasteiger partial charge in [0.05, 0.1) is 0 Å². The van der Waals surface area contributed by atoms with Crippen LogP contribution in [0.4, 0.5) is 0 Å². The van der Waals surface area contributed by atoms with Gasteiger partial charge in [-0.2, -0.15) is 0 Å². The van der Waals surface area contributed by atoms with Gasteiger partial charge < -0.3 is 14.2 Å². The van der Waals surface area contributed by atoms with Crippen LogP contribution in [0, 0.1) is 0 Å². The van der Waals surface area contributed by atoms with E-state index in [1.165, 1.54) is 199 Å². The Hall–Kier alpha value is -3.67. The Morgan fingerprint density at radius 2 is 0.476 bits per heavy atom. The standard InChI is InChI=1S/C76H132O6/c1-4-7-10-13-16-19-22-25-28-31-34-35-36-37-38-39-40-41-43-45-48-51-54-57-60-63-66-69-75(78)81-72-73(71-80-74(77)68-65-62-59-56-53-50-47-44-33-30-27-24-21-18-15-12-9-6-3)82-76(79)70-67-64-61-58-55-52-49-46-42-32-29-26-23-20-17-14-11-8-5-2/h8,11,17,20,22,25-26,29-31,33-34,36-37,42,46,73H,4-7,9-10,12-16,18-19,21,23-24,27-28,32,35,38-41,43-45,47-72H2,1-3H3/b11-8-,20-17-,25-22-,29-26-,33-30-,34-31-,37-36-,46-42-. The SMILES string of the molecule is CC/C=C\C/C=C\C/C=C\C/C=C\CCCCCCCCC(=O)OC(COC(=O)CCCCCCCCC/C=C\CCCCCCCCC)COC(=O)CCCCCCCCCCCCCC/C=C\C/C=C\C/C=C\CCCCCCC. The highest BCUT2D eigenvalue weighted by Gasteiger charge is 2.19. The molecule has 6 heteroatoms. The molecule has 0 aromatic heterocycles. The fourth-order valence-corrected chi connectivity index (χ4v) is 10.0. The predicted octanol–water partition coefficient (Wildman–Crippen LogP) is 24.4. The highest BCUT2D eigenvalue weighted by atomic mass is 16.6. The van der Waals surface area contributed by atoms with Crippen LogP contribution < -0.4 is 0 Å². The average molecular weight is 1140 g/mol. The second-order valence-corrected chi connectivity index (χ2v) is 23.4. The first kappa shape index (κ1) is 78.3. The predicted molar refractivity (Wildman–Crippen MR) is 357 cm³/mol. The van der Waals surface area contributed by atoms with Gasteiger partial charge in [-0.25, -0.2) is 0 Å². The largest absolute Gasteiger partial charge is 0.462 e. The smallest absolute Gasteiger partial charge is 0.306 e. The van der Waals surface area contributed by atoms with Gasteiger partial charge in [-0.3, -0.25) is 14.4 Å². The van der Waals surface area contributed by atoms with E-state index < -0.39 is 6.10 Å². The van der Waals surface area contributed by atoms with Gasteiger partial charge in [-0.1, -0.05) is 304 Å². The highest BCUT2D eigenvalue weighted by molar-refractivity contribution is 5.71. The lowest BCUT2D eigenvalue weighted by molar-refractivity contribution is -0.167. The number of carbonyl (C=O) groups is 3. The summed E-state index contributed by atoms with van der Waals surface area (Å²) in [6.07, 6.45) is 94.2. The van der Waals surface area contributed by atoms with Gasteiger partial charge in [0.25, 0.3) is 0 Å². The molecule has 6 nitrogen and oxygen atoms in total. The molecule has 0 amide bonds. The summed E-state index contributed by atoms with van der Waals surface area (Å²) in [5, 5.41) is 0. The zero-order valence-corrected chi connectivity index (χ0v) is 54.2. The molecule has 0 saturated carbocycles.